The molecule has 0 spiro atoms. The third kappa shape index (κ3) is 3.94. The molecule has 0 bridgehead atoms. The van der Waals surface area contributed by atoms with Crippen LogP contribution in [0.2, 0.25) is 4.34 Å². The Labute approximate surface area is 120 Å². The maximum atomic E-state index is 11.4. The molecule has 0 aliphatic carbocycles. The maximum Gasteiger partial charge on any atom is 0.269 e. The zero-order chi connectivity index (χ0) is 13.7. The van der Waals surface area contributed by atoms with Gasteiger partial charge in [0.25, 0.3) is 5.91 Å². The third-order valence-corrected chi connectivity index (χ3v) is 3.84. The van der Waals surface area contributed by atoms with Gasteiger partial charge in [-0.1, -0.05) is 11.6 Å². The SMILES string of the molecule is CNC(=O)c1cc(NCCc2ccc(Cl)s2)ccn1. The summed E-state index contributed by atoms with van der Waals surface area (Å²) in [6.07, 6.45) is 2.52. The molecule has 0 fully saturated rings. The van der Waals surface area contributed by atoms with Crippen molar-refractivity contribution in [3.8, 4) is 0 Å². The van der Waals surface area contributed by atoms with Gasteiger partial charge in [0.15, 0.2) is 0 Å². The number of aromatic nitrogens is 1. The van der Waals surface area contributed by atoms with Crippen LogP contribution in [0.1, 0.15) is 15.4 Å². The molecule has 0 aliphatic heterocycles. The van der Waals surface area contributed by atoms with Crippen molar-refractivity contribution in [3.05, 3.63) is 45.4 Å². The lowest BCUT2D eigenvalue weighted by atomic mass is 10.3. The van der Waals surface area contributed by atoms with Crippen LogP contribution in [0.4, 0.5) is 5.69 Å². The minimum Gasteiger partial charge on any atom is -0.385 e. The van der Waals surface area contributed by atoms with Crippen LogP contribution in [-0.2, 0) is 6.42 Å². The summed E-state index contributed by atoms with van der Waals surface area (Å²) < 4.78 is 0.806. The van der Waals surface area contributed by atoms with E-state index in [1.54, 1.807) is 30.6 Å². The second-order valence-electron chi connectivity index (χ2n) is 3.89. The number of nitrogens with zero attached hydrogens (tertiary/aromatic N) is 1. The van der Waals surface area contributed by atoms with Gasteiger partial charge in [0.1, 0.15) is 5.69 Å². The van der Waals surface area contributed by atoms with E-state index in [0.717, 1.165) is 23.0 Å². The fourth-order valence-corrected chi connectivity index (χ4v) is 2.70. The van der Waals surface area contributed by atoms with Crippen LogP contribution >= 0.6 is 22.9 Å². The maximum absolute atomic E-state index is 11.4. The van der Waals surface area contributed by atoms with Crippen LogP contribution in [-0.4, -0.2) is 24.5 Å². The minimum atomic E-state index is -0.186. The van der Waals surface area contributed by atoms with E-state index in [-0.39, 0.29) is 5.91 Å². The fourth-order valence-electron chi connectivity index (χ4n) is 1.61. The summed E-state index contributed by atoms with van der Waals surface area (Å²) in [4.78, 5) is 16.7. The van der Waals surface area contributed by atoms with Gasteiger partial charge in [0.05, 0.1) is 4.34 Å². The van der Waals surface area contributed by atoms with Crippen LogP contribution < -0.4 is 10.6 Å². The van der Waals surface area contributed by atoms with Gasteiger partial charge in [-0.2, -0.15) is 0 Å². The number of pyridine rings is 1. The predicted molar refractivity (Wildman–Crippen MR) is 79.1 cm³/mol. The average molecular weight is 296 g/mol. The number of amides is 1. The first-order valence-corrected chi connectivity index (χ1v) is 7.04. The van der Waals surface area contributed by atoms with Gasteiger partial charge >= 0.3 is 0 Å². The van der Waals surface area contributed by atoms with E-state index in [0.29, 0.717) is 5.69 Å². The van der Waals surface area contributed by atoms with Crippen molar-refractivity contribution in [3.63, 3.8) is 0 Å². The van der Waals surface area contributed by atoms with Crippen LogP contribution in [0.15, 0.2) is 30.5 Å². The minimum absolute atomic E-state index is 0.186. The molecule has 0 radical (unpaired) electrons. The number of carbonyl (C=O) groups excluding carboxylic acids is 1. The molecule has 1 amide bonds. The van der Waals surface area contributed by atoms with Crippen LogP contribution in [0, 0.1) is 0 Å². The predicted octanol–water partition coefficient (Wildman–Crippen LogP) is 2.81. The first kappa shape index (κ1) is 13.8. The fraction of sp³-hybridized carbons (Fsp3) is 0.231. The highest BCUT2D eigenvalue weighted by atomic mass is 35.5. The molecule has 19 heavy (non-hydrogen) atoms. The summed E-state index contributed by atoms with van der Waals surface area (Å²) in [5.41, 5.74) is 1.29. The lowest BCUT2D eigenvalue weighted by Gasteiger charge is -2.06. The number of thiophene rings is 1. The summed E-state index contributed by atoms with van der Waals surface area (Å²) in [6.45, 7) is 0.786. The zero-order valence-electron chi connectivity index (χ0n) is 10.4. The van der Waals surface area contributed by atoms with Gasteiger partial charge in [-0.05, 0) is 30.7 Å². The molecule has 6 heteroatoms. The first-order valence-electron chi connectivity index (χ1n) is 5.85. The van der Waals surface area contributed by atoms with Gasteiger partial charge in [-0.25, -0.2) is 0 Å². The Morgan fingerprint density at radius 2 is 2.26 bits per heavy atom. The standard InChI is InChI=1S/C13H14ClN3OS/c1-15-13(18)11-8-9(4-6-17-11)16-7-5-10-2-3-12(14)19-10/h2-4,6,8H,5,7H2,1H3,(H,15,18)(H,16,17). The van der Waals surface area contributed by atoms with E-state index < -0.39 is 0 Å². The normalized spacial score (nSPS) is 10.2. The molecule has 100 valence electrons. The molecule has 0 atom stereocenters. The number of rotatable bonds is 5. The molecule has 2 N–H and O–H groups in total. The second-order valence-corrected chi connectivity index (χ2v) is 5.69. The lowest BCUT2D eigenvalue weighted by Crippen LogP contribution is -2.19. The molecule has 2 aromatic rings. The van der Waals surface area contributed by atoms with Gasteiger partial charge in [0.2, 0.25) is 0 Å². The Bertz CT molecular complexity index is 571. The molecule has 0 saturated carbocycles. The van der Waals surface area contributed by atoms with Gasteiger partial charge < -0.3 is 10.6 Å². The molecule has 4 nitrogen and oxygen atoms in total. The van der Waals surface area contributed by atoms with Crippen LogP contribution in [0.25, 0.3) is 0 Å². The van der Waals surface area contributed by atoms with Crippen LogP contribution in [0.5, 0.6) is 0 Å². The van der Waals surface area contributed by atoms with Crippen molar-refractivity contribution < 1.29 is 4.79 Å². The second kappa shape index (κ2) is 6.54. The highest BCUT2D eigenvalue weighted by molar-refractivity contribution is 7.16. The zero-order valence-corrected chi connectivity index (χ0v) is 12.0. The third-order valence-electron chi connectivity index (χ3n) is 2.55. The Hall–Kier alpha value is -1.59. The van der Waals surface area contributed by atoms with Crippen molar-refractivity contribution in [1.29, 1.82) is 0 Å². The number of carbonyl (C=O) groups is 1. The van der Waals surface area contributed by atoms with Crippen LogP contribution in [0.3, 0.4) is 0 Å². The molecule has 0 saturated heterocycles. The highest BCUT2D eigenvalue weighted by Crippen LogP contribution is 2.21. The first-order chi connectivity index (χ1) is 9.19. The van der Waals surface area contributed by atoms with Crippen molar-refractivity contribution in [2.75, 3.05) is 18.9 Å². The quantitative estimate of drug-likeness (QED) is 0.892. The summed E-state index contributed by atoms with van der Waals surface area (Å²) in [7, 11) is 1.59. The number of halogens is 1. The number of anilines is 1. The van der Waals surface area contributed by atoms with E-state index in [1.807, 2.05) is 18.2 Å². The molecular formula is C13H14ClN3OS. The molecular weight excluding hydrogens is 282 g/mol. The van der Waals surface area contributed by atoms with E-state index in [1.165, 1.54) is 4.88 Å². The van der Waals surface area contributed by atoms with E-state index in [9.17, 15) is 4.79 Å². The summed E-state index contributed by atoms with van der Waals surface area (Å²) in [5, 5.41) is 5.82. The topological polar surface area (TPSA) is 54.0 Å². The number of hydrogen-bond donors (Lipinski definition) is 2. The largest absolute Gasteiger partial charge is 0.385 e. The smallest absolute Gasteiger partial charge is 0.269 e. The van der Waals surface area contributed by atoms with E-state index in [2.05, 4.69) is 15.6 Å². The Morgan fingerprint density at radius 3 is 2.95 bits per heavy atom. The Morgan fingerprint density at radius 1 is 1.42 bits per heavy atom. The summed E-state index contributed by atoms with van der Waals surface area (Å²) >= 11 is 7.46. The lowest BCUT2D eigenvalue weighted by molar-refractivity contribution is 0.0958. The van der Waals surface area contributed by atoms with Crippen molar-refractivity contribution in [2.24, 2.45) is 0 Å². The van der Waals surface area contributed by atoms with Gasteiger partial charge in [-0.15, -0.1) is 11.3 Å². The Balaban J connectivity index is 1.90. The number of hydrogen-bond acceptors (Lipinski definition) is 4. The Kier molecular flexibility index (Phi) is 4.76. The highest BCUT2D eigenvalue weighted by Gasteiger charge is 2.05. The van der Waals surface area contributed by atoms with Crippen molar-refractivity contribution >= 4 is 34.5 Å². The molecule has 2 rings (SSSR count). The number of nitrogens with one attached hydrogen (secondary N) is 2. The van der Waals surface area contributed by atoms with Crippen molar-refractivity contribution in [2.45, 2.75) is 6.42 Å². The van der Waals surface area contributed by atoms with E-state index >= 15 is 0 Å². The molecule has 0 unspecified atom stereocenters. The molecule has 2 heterocycles. The summed E-state index contributed by atoms with van der Waals surface area (Å²) in [5.74, 6) is -0.186. The average Bonchev–Trinajstić information content (AvgIpc) is 2.84. The molecule has 0 aliphatic rings. The monoisotopic (exact) mass is 295 g/mol. The van der Waals surface area contributed by atoms with Gasteiger partial charge in [0, 0.05) is 30.4 Å². The van der Waals surface area contributed by atoms with Crippen molar-refractivity contribution in [1.82, 2.24) is 10.3 Å². The molecule has 0 aromatic carbocycles. The molecule has 2 aromatic heterocycles. The summed E-state index contributed by atoms with van der Waals surface area (Å²) in [6, 6.07) is 7.50. The van der Waals surface area contributed by atoms with Gasteiger partial charge in [-0.3, -0.25) is 9.78 Å². The van der Waals surface area contributed by atoms with E-state index in [4.69, 9.17) is 11.6 Å².